The van der Waals surface area contributed by atoms with E-state index in [0.29, 0.717) is 63.2 Å². The summed E-state index contributed by atoms with van der Waals surface area (Å²) in [4.78, 5) is 17.4. The summed E-state index contributed by atoms with van der Waals surface area (Å²) in [5.74, 6) is 0.191. The summed E-state index contributed by atoms with van der Waals surface area (Å²) in [6.07, 6.45) is 57.5. The summed E-state index contributed by atoms with van der Waals surface area (Å²) in [5.41, 5.74) is 4.00. The van der Waals surface area contributed by atoms with Crippen molar-refractivity contribution in [1.29, 1.82) is 31.6 Å². The van der Waals surface area contributed by atoms with Crippen molar-refractivity contribution in [3.05, 3.63) is 200 Å². The zero-order chi connectivity index (χ0) is 68.6. The predicted octanol–water partition coefficient (Wildman–Crippen LogP) is 21.3. The number of allylic oxidation sites excluding steroid dienone is 14. The largest absolute Gasteiger partial charge is 0.479 e. The molecule has 0 saturated carbocycles. The predicted molar refractivity (Wildman–Crippen MR) is 382 cm³/mol. The van der Waals surface area contributed by atoms with Crippen molar-refractivity contribution in [3.8, 4) is 36.4 Å². The number of nitrogens with zero attached hydrogens (tertiary/aromatic N) is 12. The molecule has 0 spiro atoms. The standard InChI is InChI=1S/C80H98N12O4/c1-5-9-13-17-21-25-47-79(48-26-22-18-14-10-6-2)75(73(63-85)77(95-79)67(59-81)60-82)33-29-31-65-43-51-89(52-44-65)55-57-91(71-39-35-69(36-40-71)87-88-70-37-41-72(42-38-70)92(93)94)58-56-90-53-45-66(46-54-90)32-30-34-76-74(64-86)78(68(61-83)62-84)96-80(76,49-27-23-19-15-11-7-3)50-28-24-20-16-12-8-4/h29-46,51-54H,5-28,47-50,55-58H2,1-4H3/b33-29+,34-30+,88-87?. The highest BCUT2D eigenvalue weighted by Crippen LogP contribution is 2.49. The second kappa shape index (κ2) is 41.9. The molecule has 96 heavy (non-hydrogen) atoms. The number of non-ortho nitro benzene ring substituents is 1. The molecule has 0 saturated heterocycles. The van der Waals surface area contributed by atoms with Crippen LogP contribution in [0.2, 0.25) is 0 Å². The molecule has 0 fully saturated rings. The fraction of sp³-hybridized carbons (Fsp3) is 0.475. The van der Waals surface area contributed by atoms with Crippen molar-refractivity contribution in [2.75, 3.05) is 31.1 Å². The Kier molecular flexibility index (Phi) is 32.8. The molecule has 0 aromatic heterocycles. The minimum atomic E-state index is -0.819. The molecule has 4 aliphatic rings. The van der Waals surface area contributed by atoms with Gasteiger partial charge in [-0.1, -0.05) is 193 Å². The molecular formula is C80H98N12O4. The summed E-state index contributed by atoms with van der Waals surface area (Å²) in [5, 5.41) is 81.4. The molecular weight excluding hydrogens is 1190 g/mol. The van der Waals surface area contributed by atoms with Gasteiger partial charge < -0.3 is 24.2 Å². The Morgan fingerprint density at radius 3 is 1.12 bits per heavy atom. The highest BCUT2D eigenvalue weighted by molar-refractivity contribution is 5.63. The zero-order valence-electron chi connectivity index (χ0n) is 57.3. The number of hydrogen-bond donors (Lipinski definition) is 0. The Labute approximate surface area is 572 Å². The number of hydrogen-bond acceptors (Lipinski definition) is 15. The van der Waals surface area contributed by atoms with Crippen LogP contribution in [0.3, 0.4) is 0 Å². The fourth-order valence-electron chi connectivity index (χ4n) is 12.7. The second-order valence-electron chi connectivity index (χ2n) is 25.2. The second-order valence-corrected chi connectivity index (χ2v) is 25.2. The van der Waals surface area contributed by atoms with Crippen molar-refractivity contribution >= 4 is 22.7 Å². The molecule has 2 aromatic carbocycles. The summed E-state index contributed by atoms with van der Waals surface area (Å²) >= 11 is 0. The van der Waals surface area contributed by atoms with Crippen LogP contribution < -0.4 is 4.90 Å². The van der Waals surface area contributed by atoms with Crippen LogP contribution in [0.1, 0.15) is 207 Å². The van der Waals surface area contributed by atoms with E-state index in [2.05, 4.69) is 114 Å². The lowest BCUT2D eigenvalue weighted by Crippen LogP contribution is -2.36. The quantitative estimate of drug-likeness (QED) is 0.0198. The molecule has 16 nitrogen and oxygen atoms in total. The minimum absolute atomic E-state index is 0.0190. The highest BCUT2D eigenvalue weighted by atomic mass is 16.6. The number of azo groups is 1. The fourth-order valence-corrected chi connectivity index (χ4v) is 12.7. The van der Waals surface area contributed by atoms with E-state index in [-0.39, 0.29) is 39.5 Å². The van der Waals surface area contributed by atoms with Gasteiger partial charge in [-0.05, 0) is 123 Å². The van der Waals surface area contributed by atoms with E-state index in [9.17, 15) is 41.7 Å². The molecule has 16 heteroatoms. The average Bonchev–Trinajstić information content (AvgIpc) is 1.62. The van der Waals surface area contributed by atoms with Crippen LogP contribution in [-0.2, 0) is 9.47 Å². The van der Waals surface area contributed by atoms with E-state index >= 15 is 0 Å². The van der Waals surface area contributed by atoms with Gasteiger partial charge in [-0.2, -0.15) is 41.8 Å². The van der Waals surface area contributed by atoms with E-state index in [1.54, 1.807) is 12.1 Å². The first-order chi connectivity index (χ1) is 47.0. The summed E-state index contributed by atoms with van der Waals surface area (Å²) in [6.45, 7) is 11.5. The zero-order valence-corrected chi connectivity index (χ0v) is 57.3. The molecule has 0 aliphatic carbocycles. The molecule has 4 heterocycles. The van der Waals surface area contributed by atoms with Gasteiger partial charge in [0.2, 0.25) is 0 Å². The summed E-state index contributed by atoms with van der Waals surface area (Å²) in [7, 11) is 0. The molecule has 0 radical (unpaired) electrons. The maximum atomic E-state index is 11.2. The van der Waals surface area contributed by atoms with E-state index < -0.39 is 16.1 Å². The first kappa shape index (κ1) is 75.3. The topological polar surface area (TPSA) is 239 Å². The molecule has 0 amide bonds. The van der Waals surface area contributed by atoms with Gasteiger partial charge in [0.25, 0.3) is 5.69 Å². The van der Waals surface area contributed by atoms with Crippen LogP contribution in [0.5, 0.6) is 0 Å². The van der Waals surface area contributed by atoms with Crippen molar-refractivity contribution < 1.29 is 14.4 Å². The Balaban J connectivity index is 1.20. The van der Waals surface area contributed by atoms with E-state index in [1.807, 2.05) is 85.0 Å². The average molecular weight is 1290 g/mol. The van der Waals surface area contributed by atoms with Gasteiger partial charge in [0, 0.05) is 79.9 Å². The first-order valence-electron chi connectivity index (χ1n) is 35.3. The third-order valence-electron chi connectivity index (χ3n) is 18.2. The lowest BCUT2D eigenvalue weighted by atomic mass is 9.82. The molecule has 0 bridgehead atoms. The van der Waals surface area contributed by atoms with Gasteiger partial charge in [-0.25, -0.2) is 0 Å². The number of anilines is 1. The van der Waals surface area contributed by atoms with Crippen LogP contribution in [-0.4, -0.2) is 52.1 Å². The van der Waals surface area contributed by atoms with E-state index in [4.69, 9.17) is 9.47 Å². The molecule has 502 valence electrons. The lowest BCUT2D eigenvalue weighted by Gasteiger charge is -2.31. The highest BCUT2D eigenvalue weighted by Gasteiger charge is 2.46. The maximum absolute atomic E-state index is 11.2. The van der Waals surface area contributed by atoms with Crippen LogP contribution >= 0.6 is 0 Å². The lowest BCUT2D eigenvalue weighted by molar-refractivity contribution is -0.384. The number of nitro groups is 1. The molecule has 4 aliphatic heterocycles. The van der Waals surface area contributed by atoms with Crippen molar-refractivity contribution in [2.24, 2.45) is 10.2 Å². The number of ether oxygens (including phenoxy) is 2. The van der Waals surface area contributed by atoms with Crippen LogP contribution in [0, 0.1) is 78.1 Å². The summed E-state index contributed by atoms with van der Waals surface area (Å²) in [6, 6.07) is 26.5. The normalized spacial score (nSPS) is 15.2. The Morgan fingerprint density at radius 1 is 0.490 bits per heavy atom. The van der Waals surface area contributed by atoms with Gasteiger partial charge in [0.15, 0.2) is 22.7 Å². The summed E-state index contributed by atoms with van der Waals surface area (Å²) < 4.78 is 13.5. The first-order valence-corrected chi connectivity index (χ1v) is 35.3. The molecule has 0 atom stereocenters. The number of benzene rings is 2. The molecule has 0 N–H and O–H groups in total. The van der Waals surface area contributed by atoms with Gasteiger partial charge >= 0.3 is 0 Å². The number of unbranched alkanes of at least 4 members (excludes halogenated alkanes) is 20. The SMILES string of the molecule is CCCCCCCCC1(CCCCCCCC)OC(=C(C#N)C#N)C(C#N)=C1/C=C/C=C1C=CN(CCN(CCN2C=CC(=C/C=C/C3=C(C#N)C(=C(C#N)C#N)OC3(CCCCCCCC)CCCCCCCC)C=C2)c2ccc(N=Nc3ccc([N+](=O)[O-])cc3)cc2)C=C1. The van der Waals surface area contributed by atoms with E-state index in [0.717, 1.165) is 131 Å². The van der Waals surface area contributed by atoms with Crippen LogP contribution in [0.25, 0.3) is 0 Å². The number of nitro benzene ring substituents is 1. The van der Waals surface area contributed by atoms with Crippen molar-refractivity contribution in [1.82, 2.24) is 9.80 Å². The van der Waals surface area contributed by atoms with Gasteiger partial charge in [0.05, 0.1) is 16.3 Å². The third kappa shape index (κ3) is 23.0. The van der Waals surface area contributed by atoms with Crippen molar-refractivity contribution in [2.45, 2.75) is 219 Å². The Morgan fingerprint density at radius 2 is 0.812 bits per heavy atom. The van der Waals surface area contributed by atoms with Crippen LogP contribution in [0.4, 0.5) is 22.7 Å². The van der Waals surface area contributed by atoms with Gasteiger partial charge in [-0.15, -0.1) is 0 Å². The molecule has 2 aromatic rings. The Hall–Kier alpha value is -9.74. The monoisotopic (exact) mass is 1290 g/mol. The van der Waals surface area contributed by atoms with Gasteiger partial charge in [-0.3, -0.25) is 10.1 Å². The minimum Gasteiger partial charge on any atom is -0.479 e. The van der Waals surface area contributed by atoms with E-state index in [1.165, 1.54) is 63.5 Å². The molecule has 0 unspecified atom stereocenters. The van der Waals surface area contributed by atoms with Crippen molar-refractivity contribution in [3.63, 3.8) is 0 Å². The Bertz CT molecular complexity index is 3310. The number of rotatable bonds is 42. The van der Waals surface area contributed by atoms with Crippen LogP contribution in [0.15, 0.2) is 200 Å². The maximum Gasteiger partial charge on any atom is 0.269 e. The smallest absolute Gasteiger partial charge is 0.269 e. The molecule has 6 rings (SSSR count). The third-order valence-corrected chi connectivity index (χ3v) is 18.2. The van der Waals surface area contributed by atoms with Gasteiger partial charge in [0.1, 0.15) is 58.8 Å². The number of nitriles is 6.